The Morgan fingerprint density at radius 3 is 2.22 bits per heavy atom. The van der Waals surface area contributed by atoms with Gasteiger partial charge < -0.3 is 5.32 Å². The summed E-state index contributed by atoms with van der Waals surface area (Å²) in [4.78, 5) is 0. The first kappa shape index (κ1) is 13.8. The highest BCUT2D eigenvalue weighted by Crippen LogP contribution is 2.21. The van der Waals surface area contributed by atoms with E-state index in [0.29, 0.717) is 17.1 Å². The molecule has 0 aromatic carbocycles. The van der Waals surface area contributed by atoms with Gasteiger partial charge in [0.15, 0.2) is 5.11 Å². The van der Waals surface area contributed by atoms with E-state index in [4.69, 9.17) is 12.2 Å². The van der Waals surface area contributed by atoms with Gasteiger partial charge in [0, 0.05) is 12.3 Å². The van der Waals surface area contributed by atoms with Crippen molar-refractivity contribution in [2.45, 2.75) is 70.3 Å². The SMILES string of the molecule is S=C(N/N=C/C1CCCCC1)NC1CCCCC1. The molecule has 0 amide bonds. The van der Waals surface area contributed by atoms with Crippen molar-refractivity contribution >= 4 is 23.5 Å². The van der Waals surface area contributed by atoms with Gasteiger partial charge in [0.1, 0.15) is 0 Å². The van der Waals surface area contributed by atoms with E-state index in [0.717, 1.165) is 0 Å². The van der Waals surface area contributed by atoms with Crippen LogP contribution in [0.25, 0.3) is 0 Å². The largest absolute Gasteiger partial charge is 0.359 e. The Labute approximate surface area is 116 Å². The number of hydrogen-bond acceptors (Lipinski definition) is 2. The summed E-state index contributed by atoms with van der Waals surface area (Å²) in [5.74, 6) is 0.656. The first-order valence-corrected chi connectivity index (χ1v) is 7.85. The minimum Gasteiger partial charge on any atom is -0.359 e. The number of rotatable bonds is 3. The second-order valence-corrected chi connectivity index (χ2v) is 6.00. The Morgan fingerprint density at radius 1 is 0.944 bits per heavy atom. The molecule has 0 unspecified atom stereocenters. The third-order valence-electron chi connectivity index (χ3n) is 4.04. The summed E-state index contributed by atoms with van der Waals surface area (Å²) in [5.41, 5.74) is 2.97. The minimum absolute atomic E-state index is 0.559. The number of nitrogens with one attached hydrogen (secondary N) is 2. The molecule has 0 spiro atoms. The van der Waals surface area contributed by atoms with E-state index >= 15 is 0 Å². The van der Waals surface area contributed by atoms with Crippen LogP contribution in [0.5, 0.6) is 0 Å². The lowest BCUT2D eigenvalue weighted by molar-refractivity contribution is 0.412. The summed E-state index contributed by atoms with van der Waals surface area (Å²) in [7, 11) is 0. The fourth-order valence-electron chi connectivity index (χ4n) is 2.95. The van der Waals surface area contributed by atoms with Crippen molar-refractivity contribution < 1.29 is 0 Å². The van der Waals surface area contributed by atoms with Gasteiger partial charge in [-0.2, -0.15) is 5.10 Å². The van der Waals surface area contributed by atoms with Crippen LogP contribution in [-0.2, 0) is 0 Å². The Kier molecular flexibility index (Phi) is 5.91. The van der Waals surface area contributed by atoms with E-state index in [1.165, 1.54) is 64.2 Å². The second-order valence-electron chi connectivity index (χ2n) is 5.60. The fourth-order valence-corrected chi connectivity index (χ4v) is 3.17. The molecule has 2 fully saturated rings. The smallest absolute Gasteiger partial charge is 0.187 e. The maximum absolute atomic E-state index is 5.27. The first-order valence-electron chi connectivity index (χ1n) is 7.44. The number of hydrogen-bond donors (Lipinski definition) is 2. The van der Waals surface area contributed by atoms with Crippen LogP contribution in [-0.4, -0.2) is 17.4 Å². The van der Waals surface area contributed by atoms with E-state index in [9.17, 15) is 0 Å². The lowest BCUT2D eigenvalue weighted by atomic mass is 9.90. The van der Waals surface area contributed by atoms with Crippen molar-refractivity contribution in [1.82, 2.24) is 10.7 Å². The predicted octanol–water partition coefficient (Wildman–Crippen LogP) is 3.35. The number of nitrogens with zero attached hydrogens (tertiary/aromatic N) is 1. The predicted molar refractivity (Wildman–Crippen MR) is 80.8 cm³/mol. The van der Waals surface area contributed by atoms with Crippen LogP contribution in [0.2, 0.25) is 0 Å². The molecule has 2 rings (SSSR count). The second kappa shape index (κ2) is 7.72. The third kappa shape index (κ3) is 4.92. The van der Waals surface area contributed by atoms with E-state index in [1.807, 2.05) is 6.21 Å². The molecule has 0 aromatic heterocycles. The van der Waals surface area contributed by atoms with Crippen molar-refractivity contribution in [3.05, 3.63) is 0 Å². The zero-order valence-electron chi connectivity index (χ0n) is 11.2. The molecule has 3 nitrogen and oxygen atoms in total. The fraction of sp³-hybridized carbons (Fsp3) is 0.857. The standard InChI is InChI=1S/C14H25N3S/c18-14(16-13-9-5-2-6-10-13)17-15-11-12-7-3-1-4-8-12/h11-13H,1-10H2,(H2,16,17,18)/b15-11+. The zero-order valence-corrected chi connectivity index (χ0v) is 12.0. The molecule has 2 aliphatic rings. The van der Waals surface area contributed by atoms with Crippen LogP contribution < -0.4 is 10.7 Å². The maximum atomic E-state index is 5.27. The lowest BCUT2D eigenvalue weighted by Gasteiger charge is -2.23. The van der Waals surface area contributed by atoms with Crippen molar-refractivity contribution in [2.75, 3.05) is 0 Å². The minimum atomic E-state index is 0.559. The molecule has 0 saturated heterocycles. The summed E-state index contributed by atoms with van der Waals surface area (Å²) in [6, 6.07) is 0.559. The molecular formula is C14H25N3S. The molecule has 0 aliphatic heterocycles. The Morgan fingerprint density at radius 2 is 1.56 bits per heavy atom. The van der Waals surface area contributed by atoms with Gasteiger partial charge in [0.25, 0.3) is 0 Å². The van der Waals surface area contributed by atoms with E-state index in [2.05, 4.69) is 15.8 Å². The average Bonchev–Trinajstić information content (AvgIpc) is 2.41. The van der Waals surface area contributed by atoms with Crippen molar-refractivity contribution in [3.8, 4) is 0 Å². The highest BCUT2D eigenvalue weighted by molar-refractivity contribution is 7.80. The first-order chi connectivity index (χ1) is 8.84. The van der Waals surface area contributed by atoms with Gasteiger partial charge in [-0.1, -0.05) is 38.5 Å². The van der Waals surface area contributed by atoms with Crippen molar-refractivity contribution in [2.24, 2.45) is 11.0 Å². The molecule has 2 saturated carbocycles. The van der Waals surface area contributed by atoms with Crippen LogP contribution in [0, 0.1) is 5.92 Å². The van der Waals surface area contributed by atoms with Gasteiger partial charge in [0.2, 0.25) is 0 Å². The highest BCUT2D eigenvalue weighted by atomic mass is 32.1. The monoisotopic (exact) mass is 267 g/mol. The highest BCUT2D eigenvalue weighted by Gasteiger charge is 2.14. The van der Waals surface area contributed by atoms with Crippen LogP contribution >= 0.6 is 12.2 Å². The quantitative estimate of drug-likeness (QED) is 0.468. The van der Waals surface area contributed by atoms with E-state index < -0.39 is 0 Å². The molecular weight excluding hydrogens is 242 g/mol. The van der Waals surface area contributed by atoms with Crippen LogP contribution in [0.15, 0.2) is 5.10 Å². The molecule has 2 aliphatic carbocycles. The summed E-state index contributed by atoms with van der Waals surface area (Å²) in [6.07, 6.45) is 15.2. The maximum Gasteiger partial charge on any atom is 0.187 e. The Bertz CT molecular complexity index is 279. The average molecular weight is 267 g/mol. The Balaban J connectivity index is 1.62. The van der Waals surface area contributed by atoms with Crippen LogP contribution in [0.3, 0.4) is 0 Å². The summed E-state index contributed by atoms with van der Waals surface area (Å²) in [5, 5.41) is 8.33. The summed E-state index contributed by atoms with van der Waals surface area (Å²) >= 11 is 5.27. The molecule has 0 atom stereocenters. The van der Waals surface area contributed by atoms with Crippen LogP contribution in [0.1, 0.15) is 64.2 Å². The van der Waals surface area contributed by atoms with E-state index in [-0.39, 0.29) is 0 Å². The Hall–Kier alpha value is -0.640. The van der Waals surface area contributed by atoms with Crippen molar-refractivity contribution in [1.29, 1.82) is 0 Å². The van der Waals surface area contributed by atoms with Gasteiger partial charge in [-0.05, 0) is 43.8 Å². The van der Waals surface area contributed by atoms with Gasteiger partial charge >= 0.3 is 0 Å². The van der Waals surface area contributed by atoms with E-state index in [1.54, 1.807) is 0 Å². The molecule has 18 heavy (non-hydrogen) atoms. The summed E-state index contributed by atoms with van der Waals surface area (Å²) < 4.78 is 0. The molecule has 0 aromatic rings. The van der Waals surface area contributed by atoms with Gasteiger partial charge in [-0.15, -0.1) is 0 Å². The molecule has 4 heteroatoms. The van der Waals surface area contributed by atoms with Crippen LogP contribution in [0.4, 0.5) is 0 Å². The number of thiocarbonyl (C=S) groups is 1. The normalized spacial score (nSPS) is 23.1. The molecule has 0 bridgehead atoms. The molecule has 102 valence electrons. The third-order valence-corrected chi connectivity index (χ3v) is 4.25. The molecule has 0 heterocycles. The van der Waals surface area contributed by atoms with Crippen molar-refractivity contribution in [3.63, 3.8) is 0 Å². The molecule has 2 N–H and O–H groups in total. The zero-order chi connectivity index (χ0) is 12.6. The molecule has 0 radical (unpaired) electrons. The lowest BCUT2D eigenvalue weighted by Crippen LogP contribution is -2.41. The van der Waals surface area contributed by atoms with Gasteiger partial charge in [-0.3, -0.25) is 5.43 Å². The topological polar surface area (TPSA) is 36.4 Å². The summed E-state index contributed by atoms with van der Waals surface area (Å²) in [6.45, 7) is 0. The van der Waals surface area contributed by atoms with Gasteiger partial charge in [0.05, 0.1) is 0 Å². The number of hydrazone groups is 1. The van der Waals surface area contributed by atoms with Gasteiger partial charge in [-0.25, -0.2) is 0 Å².